The van der Waals surface area contributed by atoms with Crippen LogP contribution in [-0.4, -0.2) is 44.3 Å². The molecule has 7 heteroatoms. The molecule has 0 spiro atoms. The lowest BCUT2D eigenvalue weighted by Crippen LogP contribution is -2.29. The number of pyridine rings is 1. The fourth-order valence-corrected chi connectivity index (χ4v) is 4.37. The monoisotopic (exact) mass is 395 g/mol. The Morgan fingerprint density at radius 3 is 2.50 bits per heavy atom. The molecule has 0 N–H and O–H groups in total. The van der Waals surface area contributed by atoms with E-state index in [1.807, 2.05) is 25.1 Å². The van der Waals surface area contributed by atoms with E-state index >= 15 is 0 Å². The number of fused-ring (bicyclic) bond motifs is 2. The highest BCUT2D eigenvalue weighted by Crippen LogP contribution is 2.31. The summed E-state index contributed by atoms with van der Waals surface area (Å²) in [4.78, 5) is 19.7. The fourth-order valence-electron chi connectivity index (χ4n) is 3.47. The van der Waals surface area contributed by atoms with Crippen molar-refractivity contribution in [3.63, 3.8) is 0 Å². The quantitative estimate of drug-likeness (QED) is 0.684. The molecule has 1 aliphatic rings. The van der Waals surface area contributed by atoms with Crippen molar-refractivity contribution in [2.24, 2.45) is 0 Å². The van der Waals surface area contributed by atoms with Crippen molar-refractivity contribution in [3.05, 3.63) is 65.2 Å². The summed E-state index contributed by atoms with van der Waals surface area (Å²) in [6.45, 7) is 2.57. The molecule has 2 heterocycles. The number of hydrogen-bond donors (Lipinski definition) is 0. The van der Waals surface area contributed by atoms with Gasteiger partial charge in [0.2, 0.25) is 10.0 Å². The van der Waals surface area contributed by atoms with Crippen molar-refractivity contribution in [1.29, 1.82) is 0 Å². The van der Waals surface area contributed by atoms with Gasteiger partial charge in [-0.05, 0) is 54.8 Å². The first-order valence-electron chi connectivity index (χ1n) is 9.03. The van der Waals surface area contributed by atoms with Gasteiger partial charge in [-0.2, -0.15) is 0 Å². The minimum atomic E-state index is -3.52. The molecule has 1 aromatic heterocycles. The molecule has 28 heavy (non-hydrogen) atoms. The number of anilines is 1. The molecular formula is C21H21N3O3S. The standard InChI is InChI=1S/C21H21N3O3S/c1-14-5-4-6-16-13-17-11-12-24(20(17)22-19(14)16)21(25)15-7-9-18(10-8-15)28(26,27)23(2)3/h4-10,13H,11-12H2,1-3H3. The van der Waals surface area contributed by atoms with Crippen LogP contribution < -0.4 is 4.90 Å². The van der Waals surface area contributed by atoms with E-state index in [0.29, 0.717) is 17.9 Å². The van der Waals surface area contributed by atoms with Gasteiger partial charge in [-0.15, -0.1) is 0 Å². The van der Waals surface area contributed by atoms with Gasteiger partial charge in [0.25, 0.3) is 5.91 Å². The molecule has 3 aromatic rings. The smallest absolute Gasteiger partial charge is 0.259 e. The van der Waals surface area contributed by atoms with Gasteiger partial charge in [0.05, 0.1) is 10.4 Å². The number of benzene rings is 2. The molecule has 0 fully saturated rings. The third kappa shape index (κ3) is 2.96. The highest BCUT2D eigenvalue weighted by Gasteiger charge is 2.28. The normalized spacial score (nSPS) is 13.9. The molecule has 0 saturated heterocycles. The predicted molar refractivity (Wildman–Crippen MR) is 109 cm³/mol. The summed E-state index contributed by atoms with van der Waals surface area (Å²) in [6.07, 6.45) is 0.755. The Hall–Kier alpha value is -2.77. The van der Waals surface area contributed by atoms with Gasteiger partial charge in [0.15, 0.2) is 0 Å². The summed E-state index contributed by atoms with van der Waals surface area (Å²) >= 11 is 0. The van der Waals surface area contributed by atoms with Crippen LogP contribution in [0.2, 0.25) is 0 Å². The van der Waals surface area contributed by atoms with Gasteiger partial charge in [-0.3, -0.25) is 9.69 Å². The Balaban J connectivity index is 1.69. The molecule has 144 valence electrons. The first kappa shape index (κ1) is 18.6. The van der Waals surface area contributed by atoms with E-state index in [9.17, 15) is 13.2 Å². The number of carbonyl (C=O) groups is 1. The van der Waals surface area contributed by atoms with Crippen LogP contribution in [0.1, 0.15) is 21.5 Å². The van der Waals surface area contributed by atoms with Gasteiger partial charge >= 0.3 is 0 Å². The summed E-state index contributed by atoms with van der Waals surface area (Å²) in [6, 6.07) is 14.2. The first-order chi connectivity index (χ1) is 13.3. The van der Waals surface area contributed by atoms with Crippen molar-refractivity contribution < 1.29 is 13.2 Å². The maximum absolute atomic E-state index is 13.1. The van der Waals surface area contributed by atoms with Gasteiger partial charge < -0.3 is 0 Å². The number of carbonyl (C=O) groups excluding carboxylic acids is 1. The van der Waals surface area contributed by atoms with Crippen molar-refractivity contribution in [1.82, 2.24) is 9.29 Å². The largest absolute Gasteiger partial charge is 0.292 e. The average molecular weight is 395 g/mol. The van der Waals surface area contributed by atoms with Crippen LogP contribution in [0.4, 0.5) is 5.82 Å². The fraction of sp³-hybridized carbons (Fsp3) is 0.238. The van der Waals surface area contributed by atoms with Crippen LogP contribution in [0.25, 0.3) is 10.9 Å². The summed E-state index contributed by atoms with van der Waals surface area (Å²) in [5.41, 5.74) is 3.46. The molecule has 6 nitrogen and oxygen atoms in total. The van der Waals surface area contributed by atoms with E-state index in [2.05, 4.69) is 6.07 Å². The predicted octanol–water partition coefficient (Wildman–Crippen LogP) is 3.00. The zero-order valence-electron chi connectivity index (χ0n) is 16.0. The minimum absolute atomic E-state index is 0.163. The van der Waals surface area contributed by atoms with Crippen molar-refractivity contribution in [2.45, 2.75) is 18.2 Å². The maximum atomic E-state index is 13.1. The van der Waals surface area contributed by atoms with Gasteiger partial charge in [0, 0.05) is 31.6 Å². The number of nitrogens with zero attached hydrogens (tertiary/aromatic N) is 3. The Kier molecular flexibility index (Phi) is 4.44. The molecule has 0 unspecified atom stereocenters. The summed E-state index contributed by atoms with van der Waals surface area (Å²) in [7, 11) is -0.561. The summed E-state index contributed by atoms with van der Waals surface area (Å²) in [5.74, 6) is 0.518. The average Bonchev–Trinajstić information content (AvgIpc) is 3.09. The summed E-state index contributed by atoms with van der Waals surface area (Å²) < 4.78 is 25.6. The SMILES string of the molecule is Cc1cccc2cc3c(nc12)N(C(=O)c1ccc(S(=O)(=O)N(C)C)cc1)CC3. The van der Waals surface area contributed by atoms with Crippen LogP contribution in [0, 0.1) is 6.92 Å². The molecule has 1 aliphatic heterocycles. The van der Waals surface area contributed by atoms with E-state index in [1.54, 1.807) is 17.0 Å². The van der Waals surface area contributed by atoms with E-state index in [4.69, 9.17) is 4.98 Å². The van der Waals surface area contributed by atoms with Gasteiger partial charge in [-0.25, -0.2) is 17.7 Å². The Bertz CT molecular complexity index is 1190. The Morgan fingerprint density at radius 2 is 1.82 bits per heavy atom. The molecular weight excluding hydrogens is 374 g/mol. The first-order valence-corrected chi connectivity index (χ1v) is 10.5. The molecule has 0 aliphatic carbocycles. The van der Waals surface area contributed by atoms with Crippen molar-refractivity contribution in [2.75, 3.05) is 25.5 Å². The second-order valence-corrected chi connectivity index (χ2v) is 9.29. The van der Waals surface area contributed by atoms with E-state index in [-0.39, 0.29) is 10.8 Å². The minimum Gasteiger partial charge on any atom is -0.292 e. The van der Waals surface area contributed by atoms with Crippen molar-refractivity contribution >= 4 is 32.7 Å². The molecule has 0 saturated carbocycles. The molecule has 0 bridgehead atoms. The molecule has 4 rings (SSSR count). The third-order valence-electron chi connectivity index (χ3n) is 5.09. The molecule has 2 aromatic carbocycles. The molecule has 0 radical (unpaired) electrons. The van der Waals surface area contributed by atoms with Crippen LogP contribution in [-0.2, 0) is 16.4 Å². The van der Waals surface area contributed by atoms with Crippen LogP contribution >= 0.6 is 0 Å². The van der Waals surface area contributed by atoms with Crippen molar-refractivity contribution in [3.8, 4) is 0 Å². The lowest BCUT2D eigenvalue weighted by molar-refractivity contribution is 0.0988. The highest BCUT2D eigenvalue weighted by atomic mass is 32.2. The zero-order valence-corrected chi connectivity index (χ0v) is 16.8. The lowest BCUT2D eigenvalue weighted by atomic mass is 10.1. The molecule has 0 atom stereocenters. The van der Waals surface area contributed by atoms with Gasteiger partial charge in [0.1, 0.15) is 5.82 Å². The van der Waals surface area contributed by atoms with Crippen LogP contribution in [0.15, 0.2) is 53.4 Å². The number of hydrogen-bond acceptors (Lipinski definition) is 4. The van der Waals surface area contributed by atoms with Crippen LogP contribution in [0.3, 0.4) is 0 Å². The van der Waals surface area contributed by atoms with E-state index in [1.165, 1.54) is 26.2 Å². The Labute approximate surface area is 164 Å². The summed E-state index contributed by atoms with van der Waals surface area (Å²) in [5, 5.41) is 1.08. The number of sulfonamides is 1. The number of aryl methyl sites for hydroxylation is 1. The van der Waals surface area contributed by atoms with Gasteiger partial charge in [-0.1, -0.05) is 18.2 Å². The lowest BCUT2D eigenvalue weighted by Gasteiger charge is -2.17. The second kappa shape index (κ2) is 6.68. The van der Waals surface area contributed by atoms with Crippen LogP contribution in [0.5, 0.6) is 0 Å². The number of rotatable bonds is 3. The maximum Gasteiger partial charge on any atom is 0.259 e. The molecule has 1 amide bonds. The Morgan fingerprint density at radius 1 is 1.11 bits per heavy atom. The highest BCUT2D eigenvalue weighted by molar-refractivity contribution is 7.89. The number of para-hydroxylation sites is 1. The van der Waals surface area contributed by atoms with E-state index < -0.39 is 10.0 Å². The second-order valence-electron chi connectivity index (χ2n) is 7.14. The number of aromatic nitrogens is 1. The third-order valence-corrected chi connectivity index (χ3v) is 6.92. The number of amides is 1. The topological polar surface area (TPSA) is 70.6 Å². The van der Waals surface area contributed by atoms with E-state index in [0.717, 1.165) is 32.8 Å². The zero-order chi connectivity index (χ0) is 20.1.